The third-order valence-corrected chi connectivity index (χ3v) is 2.06. The Hall–Kier alpha value is -1.46. The molecule has 1 aromatic carbocycles. The van der Waals surface area contributed by atoms with Crippen LogP contribution in [0.4, 0.5) is 17.3 Å². The van der Waals surface area contributed by atoms with Gasteiger partial charge >= 0.3 is 6.98 Å². The second-order valence-corrected chi connectivity index (χ2v) is 3.86. The maximum absolute atomic E-state index is 13.2. The summed E-state index contributed by atoms with van der Waals surface area (Å²) in [6, 6.07) is 2.17. The molecule has 0 fully saturated rings. The summed E-state index contributed by atoms with van der Waals surface area (Å²) < 4.78 is 55.4. The third kappa shape index (κ3) is 4.13. The summed E-state index contributed by atoms with van der Waals surface area (Å²) in [6.07, 6.45) is 1.66. The van der Waals surface area contributed by atoms with Crippen molar-refractivity contribution in [2.75, 3.05) is 6.61 Å². The van der Waals surface area contributed by atoms with Gasteiger partial charge in [-0.15, -0.1) is 5.46 Å². The molecule has 0 aliphatic carbocycles. The SMILES string of the molecule is CC(C)=CCOc1cc([B-](F)(F)F)ccc1F. The molecule has 0 bridgehead atoms. The largest absolute Gasteiger partial charge is 0.509 e. The van der Waals surface area contributed by atoms with Crippen LogP contribution in [-0.4, -0.2) is 13.6 Å². The highest BCUT2D eigenvalue weighted by molar-refractivity contribution is 6.73. The van der Waals surface area contributed by atoms with Crippen molar-refractivity contribution in [2.45, 2.75) is 13.8 Å². The average molecular weight is 247 g/mol. The lowest BCUT2D eigenvalue weighted by atomic mass is 9.80. The molecule has 94 valence electrons. The molecule has 0 saturated carbocycles. The summed E-state index contributed by atoms with van der Waals surface area (Å²) >= 11 is 0. The van der Waals surface area contributed by atoms with E-state index in [1.54, 1.807) is 6.08 Å². The summed E-state index contributed by atoms with van der Waals surface area (Å²) in [7, 11) is 0. The quantitative estimate of drug-likeness (QED) is 0.451. The Morgan fingerprint density at radius 1 is 1.29 bits per heavy atom. The predicted octanol–water partition coefficient (Wildman–Crippen LogP) is 3.23. The lowest BCUT2D eigenvalue weighted by molar-refractivity contribution is 0.341. The van der Waals surface area contributed by atoms with Crippen LogP contribution >= 0.6 is 0 Å². The van der Waals surface area contributed by atoms with Crippen LogP contribution in [0.25, 0.3) is 0 Å². The van der Waals surface area contributed by atoms with E-state index >= 15 is 0 Å². The zero-order valence-electron chi connectivity index (χ0n) is 9.51. The summed E-state index contributed by atoms with van der Waals surface area (Å²) in [5.74, 6) is -1.17. The summed E-state index contributed by atoms with van der Waals surface area (Å²) in [5, 5.41) is 0. The Morgan fingerprint density at radius 2 is 1.94 bits per heavy atom. The molecule has 0 spiro atoms. The van der Waals surface area contributed by atoms with Gasteiger partial charge in [0.2, 0.25) is 0 Å². The average Bonchev–Trinajstić information content (AvgIpc) is 2.18. The first-order valence-corrected chi connectivity index (χ1v) is 5.06. The second kappa shape index (κ2) is 5.25. The molecule has 1 nitrogen and oxygen atoms in total. The molecule has 6 heteroatoms. The number of benzene rings is 1. The lowest BCUT2D eigenvalue weighted by Crippen LogP contribution is -2.34. The van der Waals surface area contributed by atoms with Crippen molar-refractivity contribution >= 4 is 12.4 Å². The van der Waals surface area contributed by atoms with E-state index in [4.69, 9.17) is 4.74 Å². The number of allylic oxidation sites excluding steroid dienone is 1. The van der Waals surface area contributed by atoms with Crippen LogP contribution in [0.15, 0.2) is 29.8 Å². The Balaban J connectivity index is 2.88. The van der Waals surface area contributed by atoms with Crippen molar-refractivity contribution in [1.29, 1.82) is 0 Å². The van der Waals surface area contributed by atoms with Gasteiger partial charge in [-0.1, -0.05) is 11.6 Å². The molecule has 0 saturated heterocycles. The van der Waals surface area contributed by atoms with Crippen molar-refractivity contribution in [2.24, 2.45) is 0 Å². The molecule has 0 heterocycles. The van der Waals surface area contributed by atoms with E-state index in [0.717, 1.165) is 11.6 Å². The van der Waals surface area contributed by atoms with Crippen LogP contribution in [0, 0.1) is 5.82 Å². The first-order chi connectivity index (χ1) is 7.80. The summed E-state index contributed by atoms with van der Waals surface area (Å²) in [4.78, 5) is 0. The molecular weight excluding hydrogens is 235 g/mol. The molecule has 0 aliphatic heterocycles. The molecule has 0 aromatic heterocycles. The summed E-state index contributed by atoms with van der Waals surface area (Å²) in [6.45, 7) is -1.46. The van der Waals surface area contributed by atoms with E-state index in [0.29, 0.717) is 12.1 Å². The first kappa shape index (κ1) is 13.6. The first-order valence-electron chi connectivity index (χ1n) is 5.06. The number of hydrogen-bond acceptors (Lipinski definition) is 1. The molecule has 1 rings (SSSR count). The van der Waals surface area contributed by atoms with Crippen molar-refractivity contribution in [1.82, 2.24) is 0 Å². The van der Waals surface area contributed by atoms with Gasteiger partial charge in [0.15, 0.2) is 11.6 Å². The molecule has 0 N–H and O–H groups in total. The van der Waals surface area contributed by atoms with E-state index in [2.05, 4.69) is 0 Å². The molecule has 0 unspecified atom stereocenters. The number of ether oxygens (including phenoxy) is 1. The van der Waals surface area contributed by atoms with Gasteiger partial charge in [-0.25, -0.2) is 4.39 Å². The Labute approximate surface area is 97.1 Å². The van der Waals surface area contributed by atoms with E-state index in [1.807, 2.05) is 13.8 Å². The van der Waals surface area contributed by atoms with Crippen LogP contribution in [0.5, 0.6) is 5.75 Å². The fourth-order valence-electron chi connectivity index (χ4n) is 1.13. The standard InChI is InChI=1S/C11H12BF4O/c1-8(2)5-6-17-11-7-9(12(14,15)16)3-4-10(11)13/h3-5,7H,6H2,1-2H3/q-1. The predicted molar refractivity (Wildman–Crippen MR) is 60.0 cm³/mol. The van der Waals surface area contributed by atoms with Gasteiger partial charge in [0.1, 0.15) is 6.61 Å². The highest BCUT2D eigenvalue weighted by atomic mass is 19.4. The normalized spacial score (nSPS) is 11.2. The van der Waals surface area contributed by atoms with Crippen molar-refractivity contribution < 1.29 is 22.1 Å². The van der Waals surface area contributed by atoms with Crippen molar-refractivity contribution in [3.8, 4) is 5.75 Å². The number of hydrogen-bond donors (Lipinski definition) is 0. The minimum absolute atomic E-state index is 0.0492. The minimum Gasteiger partial charge on any atom is -0.487 e. The van der Waals surface area contributed by atoms with Crippen molar-refractivity contribution in [3.05, 3.63) is 35.7 Å². The minimum atomic E-state index is -5.13. The molecule has 0 atom stereocenters. The lowest BCUT2D eigenvalue weighted by Gasteiger charge is -2.16. The van der Waals surface area contributed by atoms with Crippen LogP contribution in [0.1, 0.15) is 13.8 Å². The van der Waals surface area contributed by atoms with Crippen LogP contribution in [0.3, 0.4) is 0 Å². The van der Waals surface area contributed by atoms with Gasteiger partial charge in [-0.05, 0) is 32.1 Å². The van der Waals surface area contributed by atoms with Crippen LogP contribution < -0.4 is 10.2 Å². The van der Waals surface area contributed by atoms with E-state index < -0.39 is 18.3 Å². The second-order valence-electron chi connectivity index (χ2n) is 3.86. The molecule has 0 radical (unpaired) electrons. The zero-order valence-corrected chi connectivity index (χ0v) is 9.51. The highest BCUT2D eigenvalue weighted by Crippen LogP contribution is 2.18. The number of rotatable bonds is 4. The van der Waals surface area contributed by atoms with Crippen LogP contribution in [-0.2, 0) is 0 Å². The van der Waals surface area contributed by atoms with Gasteiger partial charge < -0.3 is 17.7 Å². The Morgan fingerprint density at radius 3 is 2.47 bits per heavy atom. The maximum atomic E-state index is 13.2. The zero-order chi connectivity index (χ0) is 13.1. The van der Waals surface area contributed by atoms with Gasteiger partial charge in [0.25, 0.3) is 0 Å². The van der Waals surface area contributed by atoms with E-state index in [1.165, 1.54) is 0 Å². The van der Waals surface area contributed by atoms with E-state index in [-0.39, 0.29) is 12.4 Å². The summed E-state index contributed by atoms with van der Waals surface area (Å²) in [5.41, 5.74) is 0.0835. The smallest absolute Gasteiger partial charge is 0.487 e. The van der Waals surface area contributed by atoms with Crippen molar-refractivity contribution in [3.63, 3.8) is 0 Å². The molecule has 1 aromatic rings. The van der Waals surface area contributed by atoms with Gasteiger partial charge in [-0.2, -0.15) is 0 Å². The maximum Gasteiger partial charge on any atom is 0.509 e. The molecule has 17 heavy (non-hydrogen) atoms. The Bertz CT molecular complexity index is 422. The fraction of sp³-hybridized carbons (Fsp3) is 0.273. The topological polar surface area (TPSA) is 9.23 Å². The third-order valence-electron chi connectivity index (χ3n) is 2.06. The van der Waals surface area contributed by atoms with E-state index in [9.17, 15) is 17.3 Å². The number of halogens is 4. The van der Waals surface area contributed by atoms with Gasteiger partial charge in [0.05, 0.1) is 0 Å². The molecule has 0 aliphatic rings. The highest BCUT2D eigenvalue weighted by Gasteiger charge is 2.26. The molecular formula is C11H12BF4O-. The fourth-order valence-corrected chi connectivity index (χ4v) is 1.13. The molecule has 0 amide bonds. The van der Waals surface area contributed by atoms with Gasteiger partial charge in [-0.3, -0.25) is 0 Å². The Kier molecular flexibility index (Phi) is 4.20. The van der Waals surface area contributed by atoms with Gasteiger partial charge in [0, 0.05) is 0 Å². The monoisotopic (exact) mass is 247 g/mol. The van der Waals surface area contributed by atoms with Crippen LogP contribution in [0.2, 0.25) is 0 Å².